The highest BCUT2D eigenvalue weighted by Gasteiger charge is 2.22. The lowest BCUT2D eigenvalue weighted by Gasteiger charge is -2.37. The van der Waals surface area contributed by atoms with Gasteiger partial charge in [0.1, 0.15) is 5.82 Å². The molecule has 170 valence electrons. The second-order valence-electron chi connectivity index (χ2n) is 7.94. The number of rotatable bonds is 8. The van der Waals surface area contributed by atoms with Gasteiger partial charge in [-0.1, -0.05) is 12.1 Å². The predicted octanol–water partition coefficient (Wildman–Crippen LogP) is 3.89. The van der Waals surface area contributed by atoms with Gasteiger partial charge in [-0.05, 0) is 43.1 Å². The van der Waals surface area contributed by atoms with E-state index in [1.807, 2.05) is 29.8 Å². The zero-order valence-electron chi connectivity index (χ0n) is 18.4. The summed E-state index contributed by atoms with van der Waals surface area (Å²) in [6, 6.07) is 6.44. The summed E-state index contributed by atoms with van der Waals surface area (Å²) in [7, 11) is 0. The molecule has 3 aromatic rings. The normalized spacial score (nSPS) is 15.7. The molecule has 1 aliphatic rings. The number of hydrogen-bond donors (Lipinski definition) is 1. The molecule has 7 nitrogen and oxygen atoms in total. The van der Waals surface area contributed by atoms with Gasteiger partial charge in [-0.2, -0.15) is 16.3 Å². The molecule has 32 heavy (non-hydrogen) atoms. The van der Waals surface area contributed by atoms with Crippen LogP contribution >= 0.6 is 11.3 Å². The fraction of sp³-hybridized carbons (Fsp3) is 0.435. The van der Waals surface area contributed by atoms with Gasteiger partial charge in [0.25, 0.3) is 0 Å². The zero-order chi connectivity index (χ0) is 22.5. The van der Waals surface area contributed by atoms with Crippen LogP contribution in [-0.2, 0) is 11.2 Å². The van der Waals surface area contributed by atoms with Gasteiger partial charge in [-0.25, -0.2) is 4.39 Å². The van der Waals surface area contributed by atoms with Crippen molar-refractivity contribution in [2.24, 2.45) is 0 Å². The number of amides is 1. The van der Waals surface area contributed by atoms with Crippen LogP contribution in [0.15, 0.2) is 39.5 Å². The minimum atomic E-state index is -0.318. The third-order valence-corrected chi connectivity index (χ3v) is 6.49. The van der Waals surface area contributed by atoms with Gasteiger partial charge in [0.2, 0.25) is 17.6 Å². The standard InChI is InChI=1S/C23H28FN5O2S/c1-3-28-9-11-29(12-10-28)20-5-4-18(24)14-19(20)16(2)25-21(30)6-7-22-26-23(27-31-22)17-8-13-32-15-17/h4-5,8,13-16H,3,6-7,9-12H2,1-2H3,(H,25,30). The summed E-state index contributed by atoms with van der Waals surface area (Å²) in [5, 5.41) is 10.9. The van der Waals surface area contributed by atoms with Gasteiger partial charge in [0, 0.05) is 61.2 Å². The summed E-state index contributed by atoms with van der Waals surface area (Å²) in [5.74, 6) is 0.513. The third kappa shape index (κ3) is 5.34. The lowest BCUT2D eigenvalue weighted by Crippen LogP contribution is -2.46. The molecule has 3 heterocycles. The van der Waals surface area contributed by atoms with E-state index in [0.717, 1.165) is 49.5 Å². The Balaban J connectivity index is 1.36. The molecular weight excluding hydrogens is 429 g/mol. The highest BCUT2D eigenvalue weighted by atomic mass is 32.1. The van der Waals surface area contributed by atoms with E-state index in [1.54, 1.807) is 11.3 Å². The number of halogens is 1. The molecule has 0 spiro atoms. The molecule has 9 heteroatoms. The number of hydrogen-bond acceptors (Lipinski definition) is 7. The minimum Gasteiger partial charge on any atom is -0.369 e. The topological polar surface area (TPSA) is 74.5 Å². The lowest BCUT2D eigenvalue weighted by atomic mass is 10.0. The molecule has 2 aromatic heterocycles. The first kappa shape index (κ1) is 22.4. The van der Waals surface area contributed by atoms with E-state index < -0.39 is 0 Å². The number of benzene rings is 1. The second kappa shape index (κ2) is 10.2. The largest absolute Gasteiger partial charge is 0.369 e. The van der Waals surface area contributed by atoms with Crippen LogP contribution in [0.1, 0.15) is 37.8 Å². The van der Waals surface area contributed by atoms with Crippen molar-refractivity contribution in [3.63, 3.8) is 0 Å². The first-order chi connectivity index (χ1) is 15.5. The number of piperazine rings is 1. The minimum absolute atomic E-state index is 0.140. The molecule has 1 aliphatic heterocycles. The van der Waals surface area contributed by atoms with Crippen LogP contribution in [0.2, 0.25) is 0 Å². The Morgan fingerprint density at radius 2 is 2.09 bits per heavy atom. The van der Waals surface area contributed by atoms with Crippen LogP contribution in [0.25, 0.3) is 11.4 Å². The highest BCUT2D eigenvalue weighted by molar-refractivity contribution is 7.08. The van der Waals surface area contributed by atoms with Crippen LogP contribution in [0.3, 0.4) is 0 Å². The average molecular weight is 458 g/mol. The van der Waals surface area contributed by atoms with Gasteiger partial charge in [-0.3, -0.25) is 4.79 Å². The van der Waals surface area contributed by atoms with Gasteiger partial charge in [0.15, 0.2) is 0 Å². The third-order valence-electron chi connectivity index (χ3n) is 5.81. The Morgan fingerprint density at radius 3 is 2.81 bits per heavy atom. The molecule has 1 N–H and O–H groups in total. The van der Waals surface area contributed by atoms with Gasteiger partial charge in [-0.15, -0.1) is 0 Å². The Labute approximate surface area is 191 Å². The number of thiophene rings is 1. The van der Waals surface area contributed by atoms with Gasteiger partial charge >= 0.3 is 0 Å². The van der Waals surface area contributed by atoms with Crippen molar-refractivity contribution in [3.8, 4) is 11.4 Å². The zero-order valence-corrected chi connectivity index (χ0v) is 19.2. The van der Waals surface area contributed by atoms with E-state index >= 15 is 0 Å². The SMILES string of the molecule is CCN1CCN(c2ccc(F)cc2C(C)NC(=O)CCc2nc(-c3ccsc3)no2)CC1. The Morgan fingerprint density at radius 1 is 1.28 bits per heavy atom. The molecule has 1 aromatic carbocycles. The van der Waals surface area contributed by atoms with E-state index in [4.69, 9.17) is 4.52 Å². The Kier molecular flexibility index (Phi) is 7.16. The van der Waals surface area contributed by atoms with Crippen LogP contribution in [-0.4, -0.2) is 53.7 Å². The lowest BCUT2D eigenvalue weighted by molar-refractivity contribution is -0.121. The van der Waals surface area contributed by atoms with E-state index in [-0.39, 0.29) is 24.2 Å². The van der Waals surface area contributed by atoms with Crippen molar-refractivity contribution >= 4 is 22.9 Å². The fourth-order valence-electron chi connectivity index (χ4n) is 3.94. The Bertz CT molecular complexity index is 1030. The molecule has 1 amide bonds. The second-order valence-corrected chi connectivity index (χ2v) is 8.72. The maximum Gasteiger partial charge on any atom is 0.227 e. The number of nitrogens with one attached hydrogen (secondary N) is 1. The first-order valence-electron chi connectivity index (χ1n) is 10.9. The molecule has 4 rings (SSSR count). The molecule has 0 aliphatic carbocycles. The van der Waals surface area contributed by atoms with E-state index in [9.17, 15) is 9.18 Å². The number of nitrogens with zero attached hydrogens (tertiary/aromatic N) is 4. The van der Waals surface area contributed by atoms with Crippen LogP contribution in [0, 0.1) is 5.82 Å². The number of carbonyl (C=O) groups is 1. The van der Waals surface area contributed by atoms with Crippen LogP contribution in [0.5, 0.6) is 0 Å². The molecular formula is C23H28FN5O2S. The van der Waals surface area contributed by atoms with E-state index in [2.05, 4.69) is 32.2 Å². The van der Waals surface area contributed by atoms with Crippen LogP contribution < -0.4 is 10.2 Å². The smallest absolute Gasteiger partial charge is 0.227 e. The fourth-order valence-corrected chi connectivity index (χ4v) is 4.58. The molecule has 0 radical (unpaired) electrons. The monoisotopic (exact) mass is 457 g/mol. The summed E-state index contributed by atoms with van der Waals surface area (Å²) in [4.78, 5) is 21.6. The number of aromatic nitrogens is 2. The highest BCUT2D eigenvalue weighted by Crippen LogP contribution is 2.28. The number of anilines is 1. The molecule has 1 fully saturated rings. The van der Waals surface area contributed by atoms with Crippen molar-refractivity contribution < 1.29 is 13.7 Å². The molecule has 0 bridgehead atoms. The summed E-state index contributed by atoms with van der Waals surface area (Å²) in [6.07, 6.45) is 0.570. The quantitative estimate of drug-likeness (QED) is 0.553. The van der Waals surface area contributed by atoms with Crippen molar-refractivity contribution in [2.45, 2.75) is 32.7 Å². The van der Waals surface area contributed by atoms with E-state index in [0.29, 0.717) is 18.1 Å². The molecule has 0 saturated carbocycles. The maximum absolute atomic E-state index is 14.1. The number of aryl methyl sites for hydroxylation is 1. The average Bonchev–Trinajstić information content (AvgIpc) is 3.50. The van der Waals surface area contributed by atoms with Crippen molar-refractivity contribution in [1.29, 1.82) is 0 Å². The van der Waals surface area contributed by atoms with Crippen LogP contribution in [0.4, 0.5) is 10.1 Å². The molecule has 1 saturated heterocycles. The predicted molar refractivity (Wildman–Crippen MR) is 123 cm³/mol. The summed E-state index contributed by atoms with van der Waals surface area (Å²) < 4.78 is 19.3. The van der Waals surface area contributed by atoms with Gasteiger partial charge < -0.3 is 19.6 Å². The van der Waals surface area contributed by atoms with Crippen molar-refractivity contribution in [1.82, 2.24) is 20.4 Å². The number of likely N-dealkylation sites (N-methyl/N-ethyl adjacent to an activating group) is 1. The van der Waals surface area contributed by atoms with E-state index in [1.165, 1.54) is 12.1 Å². The summed E-state index contributed by atoms with van der Waals surface area (Å²) in [6.45, 7) is 8.81. The van der Waals surface area contributed by atoms with Crippen molar-refractivity contribution in [2.75, 3.05) is 37.6 Å². The molecule has 1 atom stereocenters. The summed E-state index contributed by atoms with van der Waals surface area (Å²) >= 11 is 1.56. The van der Waals surface area contributed by atoms with Gasteiger partial charge in [0.05, 0.1) is 6.04 Å². The Hall–Kier alpha value is -2.78. The first-order valence-corrected chi connectivity index (χ1v) is 11.9. The number of carbonyl (C=O) groups excluding carboxylic acids is 1. The maximum atomic E-state index is 14.1. The molecule has 1 unspecified atom stereocenters. The summed E-state index contributed by atoms with van der Waals surface area (Å²) in [5.41, 5.74) is 2.68. The van der Waals surface area contributed by atoms with Crippen molar-refractivity contribution in [3.05, 3.63) is 52.3 Å².